The van der Waals surface area contributed by atoms with Gasteiger partial charge in [0.1, 0.15) is 16.8 Å². The molecule has 0 saturated carbocycles. The van der Waals surface area contributed by atoms with E-state index < -0.39 is 24.3 Å². The van der Waals surface area contributed by atoms with Crippen LogP contribution in [0.4, 0.5) is 32.0 Å². The van der Waals surface area contributed by atoms with Crippen molar-refractivity contribution in [1.82, 2.24) is 4.98 Å². The lowest BCUT2D eigenvalue weighted by Gasteiger charge is -2.11. The summed E-state index contributed by atoms with van der Waals surface area (Å²) in [7, 11) is 0. The Bertz CT molecular complexity index is 1710. The van der Waals surface area contributed by atoms with Gasteiger partial charge in [-0.25, -0.2) is 9.59 Å². The third kappa shape index (κ3) is 10.5. The number of halogens is 6. The molecule has 2 aromatic carbocycles. The van der Waals surface area contributed by atoms with Crippen LogP contribution in [0.15, 0.2) is 78.3 Å². The molecule has 6 N–H and O–H groups in total. The number of rotatable bonds is 5. The minimum Gasteiger partial charge on any atom is -0.475 e. The summed E-state index contributed by atoms with van der Waals surface area (Å²) in [5.74, 6) is -5.86. The number of carbonyl (C=O) groups is 3. The van der Waals surface area contributed by atoms with Crippen LogP contribution >= 0.6 is 11.3 Å². The number of anilines is 1. The third-order valence-corrected chi connectivity index (χ3v) is 6.02. The van der Waals surface area contributed by atoms with Crippen molar-refractivity contribution in [2.45, 2.75) is 12.4 Å². The van der Waals surface area contributed by atoms with E-state index in [9.17, 15) is 36.4 Å². The molecular weight excluding hydrogens is 632 g/mol. The molecule has 0 fully saturated rings. The Kier molecular flexibility index (Phi) is 11.9. The van der Waals surface area contributed by atoms with Crippen molar-refractivity contribution < 1.29 is 50.9 Å². The first-order valence-corrected chi connectivity index (χ1v) is 12.7. The number of alkyl halides is 6. The summed E-state index contributed by atoms with van der Waals surface area (Å²) in [5, 5.41) is 35.9. The molecule has 4 rings (SSSR count). The van der Waals surface area contributed by atoms with Crippen LogP contribution in [0.5, 0.6) is 0 Å². The smallest absolute Gasteiger partial charge is 0.475 e. The third-order valence-electron chi connectivity index (χ3n) is 5.20. The van der Waals surface area contributed by atoms with Crippen molar-refractivity contribution >= 4 is 40.7 Å². The van der Waals surface area contributed by atoms with Gasteiger partial charge in [-0.1, -0.05) is 30.3 Å². The second-order valence-electron chi connectivity index (χ2n) is 8.31. The van der Waals surface area contributed by atoms with Gasteiger partial charge >= 0.3 is 24.3 Å². The van der Waals surface area contributed by atoms with Crippen LogP contribution in [-0.4, -0.2) is 51.2 Å². The molecule has 0 aliphatic carbocycles. The van der Waals surface area contributed by atoms with Crippen molar-refractivity contribution in [3.05, 3.63) is 94.3 Å². The minimum absolute atomic E-state index is 0.0472. The number of pyridine rings is 1. The van der Waals surface area contributed by atoms with Gasteiger partial charge in [0.25, 0.3) is 5.91 Å². The number of aromatic nitrogens is 1. The second kappa shape index (κ2) is 15.1. The highest BCUT2D eigenvalue weighted by atomic mass is 32.1. The van der Waals surface area contributed by atoms with Gasteiger partial charge in [0.05, 0.1) is 11.3 Å². The summed E-state index contributed by atoms with van der Waals surface area (Å²) in [5.41, 5.74) is 10.2. The molecule has 0 bridgehead atoms. The lowest BCUT2D eigenvalue weighted by Crippen LogP contribution is -2.21. The maximum atomic E-state index is 13.0. The fraction of sp³-hybridized carbons (Fsp3) is 0.0714. The number of aliphatic carboxylic acids is 2. The predicted octanol–water partition coefficient (Wildman–Crippen LogP) is 6.15. The van der Waals surface area contributed by atoms with Crippen LogP contribution in [0.2, 0.25) is 0 Å². The average Bonchev–Trinajstić information content (AvgIpc) is 3.46. The molecule has 1 amide bonds. The lowest BCUT2D eigenvalue weighted by molar-refractivity contribution is -0.193. The number of carbonyl (C=O) groups excluding carboxylic acids is 1. The molecule has 0 aliphatic rings. The number of thiophene rings is 1. The number of amides is 1. The molecule has 4 aromatic rings. The zero-order valence-corrected chi connectivity index (χ0v) is 23.1. The number of nitrogens with zero attached hydrogens (tertiary/aromatic N) is 2. The fourth-order valence-corrected chi connectivity index (χ4v) is 3.91. The quantitative estimate of drug-likeness (QED) is 0.0964. The van der Waals surface area contributed by atoms with E-state index in [2.05, 4.69) is 16.4 Å². The monoisotopic (exact) mass is 651 g/mol. The zero-order valence-electron chi connectivity index (χ0n) is 22.3. The van der Waals surface area contributed by atoms with Crippen molar-refractivity contribution in [3.8, 4) is 28.5 Å². The van der Waals surface area contributed by atoms with Gasteiger partial charge in [0.15, 0.2) is 0 Å². The Morgan fingerprint density at radius 2 is 1.47 bits per heavy atom. The summed E-state index contributed by atoms with van der Waals surface area (Å²) in [6, 6.07) is 22.0. The van der Waals surface area contributed by atoms with Gasteiger partial charge in [-0.2, -0.15) is 31.6 Å². The van der Waals surface area contributed by atoms with Crippen LogP contribution in [0.1, 0.15) is 20.8 Å². The molecule has 0 spiro atoms. The highest BCUT2D eigenvalue weighted by molar-refractivity contribution is 7.11. The highest BCUT2D eigenvalue weighted by Gasteiger charge is 2.38. The predicted molar refractivity (Wildman–Crippen MR) is 150 cm³/mol. The Morgan fingerprint density at radius 1 is 0.889 bits per heavy atom. The Balaban J connectivity index is 0.000000421. The molecule has 2 aromatic heterocycles. The van der Waals surface area contributed by atoms with Gasteiger partial charge in [-0.15, -0.1) is 11.3 Å². The molecule has 0 unspecified atom stereocenters. The summed E-state index contributed by atoms with van der Waals surface area (Å²) in [6.45, 7) is 0. The maximum absolute atomic E-state index is 13.0. The molecule has 10 nitrogen and oxygen atoms in total. The first-order chi connectivity index (χ1) is 20.9. The van der Waals surface area contributed by atoms with Crippen molar-refractivity contribution in [1.29, 1.82) is 10.7 Å². The van der Waals surface area contributed by atoms with E-state index in [-0.39, 0.29) is 11.7 Å². The van der Waals surface area contributed by atoms with Gasteiger partial charge < -0.3 is 21.3 Å². The number of nitriles is 1. The van der Waals surface area contributed by atoms with E-state index in [1.807, 2.05) is 29.6 Å². The number of amidine groups is 1. The van der Waals surface area contributed by atoms with Crippen molar-refractivity contribution in [2.24, 2.45) is 5.73 Å². The number of carboxylic acids is 2. The van der Waals surface area contributed by atoms with E-state index >= 15 is 0 Å². The SMILES string of the molecule is N#Cc1sccc1-c1ccc(NC(=O)c2cccnc2-c2cccc(C(=N)N)c2)cc1.O=C(O)C(F)(F)F.O=C(O)C(F)(F)F. The van der Waals surface area contributed by atoms with E-state index in [4.69, 9.17) is 30.9 Å². The first kappa shape index (κ1) is 35.4. The van der Waals surface area contributed by atoms with Gasteiger partial charge in [-0.05, 0) is 47.3 Å². The lowest BCUT2D eigenvalue weighted by atomic mass is 10.0. The van der Waals surface area contributed by atoms with Crippen molar-refractivity contribution in [2.75, 3.05) is 5.32 Å². The topological polar surface area (TPSA) is 190 Å². The molecule has 0 atom stereocenters. The fourth-order valence-electron chi connectivity index (χ4n) is 3.21. The Morgan fingerprint density at radius 3 is 1.98 bits per heavy atom. The van der Waals surface area contributed by atoms with E-state index in [0.29, 0.717) is 32.9 Å². The Labute approximate surface area is 253 Å². The number of benzene rings is 2. The van der Waals surface area contributed by atoms with E-state index in [1.165, 1.54) is 11.3 Å². The van der Waals surface area contributed by atoms with Crippen LogP contribution < -0.4 is 11.1 Å². The zero-order chi connectivity index (χ0) is 33.9. The molecule has 45 heavy (non-hydrogen) atoms. The van der Waals surface area contributed by atoms with Crippen LogP contribution in [0.3, 0.4) is 0 Å². The maximum Gasteiger partial charge on any atom is 0.490 e. The van der Waals surface area contributed by atoms with Crippen LogP contribution in [0.25, 0.3) is 22.4 Å². The molecular formula is C28H19F6N5O5S. The van der Waals surface area contributed by atoms with Gasteiger partial charge in [-0.3, -0.25) is 15.2 Å². The molecule has 234 valence electrons. The number of nitrogens with one attached hydrogen (secondary N) is 2. The number of carboxylic acid groups (broad SMARTS) is 2. The second-order valence-corrected chi connectivity index (χ2v) is 9.22. The standard InChI is InChI=1S/C24H17N5OS.2C2HF3O2/c25-14-21-19(10-12-31-21)15-6-8-18(9-7-15)29-24(30)20-5-2-11-28-22(20)16-3-1-4-17(13-16)23(26)27;2*3-2(4,5)1(6)7/h1-13H,(H3,26,27)(H,29,30);2*(H,6,7). The number of hydrogen-bond acceptors (Lipinski definition) is 7. The van der Waals surface area contributed by atoms with Gasteiger partial charge in [0.2, 0.25) is 0 Å². The molecule has 2 heterocycles. The number of nitrogen functional groups attached to an aromatic ring is 1. The average molecular weight is 652 g/mol. The summed E-state index contributed by atoms with van der Waals surface area (Å²) >= 11 is 1.40. The molecule has 0 radical (unpaired) electrons. The van der Waals surface area contributed by atoms with E-state index in [1.54, 1.807) is 48.7 Å². The summed E-state index contributed by atoms with van der Waals surface area (Å²) < 4.78 is 63.5. The molecule has 0 saturated heterocycles. The summed E-state index contributed by atoms with van der Waals surface area (Å²) in [4.78, 5) is 35.8. The number of nitrogens with two attached hydrogens (primary N) is 1. The van der Waals surface area contributed by atoms with Gasteiger partial charge in [0, 0.05) is 28.6 Å². The molecule has 0 aliphatic heterocycles. The van der Waals surface area contributed by atoms with Crippen LogP contribution in [0, 0.1) is 16.7 Å². The highest BCUT2D eigenvalue weighted by Crippen LogP contribution is 2.29. The largest absolute Gasteiger partial charge is 0.490 e. The Hall–Kier alpha value is -5.76. The van der Waals surface area contributed by atoms with E-state index in [0.717, 1.165) is 11.1 Å². The number of hydrogen-bond donors (Lipinski definition) is 5. The summed E-state index contributed by atoms with van der Waals surface area (Å²) in [6.07, 6.45) is -8.55. The molecule has 17 heteroatoms. The minimum atomic E-state index is -5.08. The van der Waals surface area contributed by atoms with Crippen molar-refractivity contribution in [3.63, 3.8) is 0 Å². The first-order valence-electron chi connectivity index (χ1n) is 11.8. The van der Waals surface area contributed by atoms with Crippen LogP contribution in [-0.2, 0) is 9.59 Å². The normalized spacial score (nSPS) is 10.6.